The molecule has 0 aliphatic carbocycles. The van der Waals surface area contributed by atoms with Gasteiger partial charge in [-0.3, -0.25) is 0 Å². The van der Waals surface area contributed by atoms with E-state index in [-0.39, 0.29) is 11.9 Å². The maximum atomic E-state index is 10.4. The first-order chi connectivity index (χ1) is 13.1. The van der Waals surface area contributed by atoms with Crippen molar-refractivity contribution in [2.75, 3.05) is 12.4 Å². The highest BCUT2D eigenvalue weighted by molar-refractivity contribution is 7.99. The van der Waals surface area contributed by atoms with Gasteiger partial charge in [0.05, 0.1) is 11.4 Å². The number of aliphatic hydroxyl groups excluding tert-OH is 1. The molecule has 0 aliphatic heterocycles. The predicted molar refractivity (Wildman–Crippen MR) is 115 cm³/mol. The normalized spacial score (nSPS) is 13.1. The molecule has 140 valence electrons. The molecule has 0 spiro atoms. The molecule has 3 rings (SSSR count). The summed E-state index contributed by atoms with van der Waals surface area (Å²) in [5.41, 5.74) is 2.34. The molecule has 0 fully saturated rings. The minimum Gasteiger partial charge on any atom is -0.491 e. The molecule has 0 radical (unpaired) electrons. The third-order valence-corrected chi connectivity index (χ3v) is 5.95. The first-order valence-electron chi connectivity index (χ1n) is 8.60. The molecule has 0 aliphatic rings. The van der Waals surface area contributed by atoms with Crippen LogP contribution in [0.1, 0.15) is 16.4 Å². The van der Waals surface area contributed by atoms with Gasteiger partial charge in [-0.2, -0.15) is 0 Å². The molecular formula is C22H20Cl2O2S. The van der Waals surface area contributed by atoms with Crippen LogP contribution in [0.5, 0.6) is 5.75 Å². The Hall–Kier alpha value is -1.65. The minimum atomic E-state index is -0.579. The van der Waals surface area contributed by atoms with E-state index in [0.717, 1.165) is 5.56 Å². The van der Waals surface area contributed by atoms with Crippen LogP contribution in [0.4, 0.5) is 0 Å². The highest BCUT2D eigenvalue weighted by atomic mass is 35.5. The Morgan fingerprint density at radius 2 is 1.33 bits per heavy atom. The fraction of sp³-hybridized carbons (Fsp3) is 0.182. The highest BCUT2D eigenvalue weighted by Crippen LogP contribution is 2.36. The monoisotopic (exact) mass is 418 g/mol. The lowest BCUT2D eigenvalue weighted by Gasteiger charge is -2.20. The molecule has 27 heavy (non-hydrogen) atoms. The van der Waals surface area contributed by atoms with Crippen LogP contribution in [0, 0.1) is 0 Å². The van der Waals surface area contributed by atoms with Crippen molar-refractivity contribution >= 4 is 35.0 Å². The number of ether oxygens (including phenoxy) is 1. The summed E-state index contributed by atoms with van der Waals surface area (Å²) in [6, 6.07) is 25.2. The van der Waals surface area contributed by atoms with E-state index in [1.165, 1.54) is 5.56 Å². The highest BCUT2D eigenvalue weighted by Gasteiger charge is 2.17. The molecule has 2 nitrogen and oxygen atoms in total. The van der Waals surface area contributed by atoms with E-state index in [4.69, 9.17) is 27.9 Å². The summed E-state index contributed by atoms with van der Waals surface area (Å²) < 4.78 is 5.64. The quantitative estimate of drug-likeness (QED) is 0.468. The summed E-state index contributed by atoms with van der Waals surface area (Å²) in [7, 11) is 0. The van der Waals surface area contributed by atoms with Crippen LogP contribution in [-0.4, -0.2) is 23.6 Å². The van der Waals surface area contributed by atoms with Crippen LogP contribution >= 0.6 is 35.0 Å². The lowest BCUT2D eigenvalue weighted by molar-refractivity contribution is 0.126. The topological polar surface area (TPSA) is 29.5 Å². The number of hydrogen-bond donors (Lipinski definition) is 1. The fourth-order valence-electron chi connectivity index (χ4n) is 2.63. The van der Waals surface area contributed by atoms with Gasteiger partial charge in [-0.25, -0.2) is 0 Å². The van der Waals surface area contributed by atoms with E-state index in [0.29, 0.717) is 21.5 Å². The van der Waals surface area contributed by atoms with Gasteiger partial charge in [-0.1, -0.05) is 65.7 Å². The van der Waals surface area contributed by atoms with Crippen molar-refractivity contribution in [1.29, 1.82) is 0 Å². The lowest BCUT2D eigenvalue weighted by atomic mass is 10.0. The first-order valence-corrected chi connectivity index (χ1v) is 10.4. The Bertz CT molecular complexity index is 823. The Morgan fingerprint density at radius 1 is 0.778 bits per heavy atom. The Kier molecular flexibility index (Phi) is 7.48. The van der Waals surface area contributed by atoms with Gasteiger partial charge >= 0.3 is 0 Å². The van der Waals surface area contributed by atoms with Crippen molar-refractivity contribution in [3.05, 3.63) is 100 Å². The Balaban J connectivity index is 1.62. The van der Waals surface area contributed by atoms with Crippen molar-refractivity contribution < 1.29 is 9.84 Å². The van der Waals surface area contributed by atoms with Crippen molar-refractivity contribution in [1.82, 2.24) is 0 Å². The zero-order valence-corrected chi connectivity index (χ0v) is 16.9. The molecular weight excluding hydrogens is 399 g/mol. The number of hydrogen-bond acceptors (Lipinski definition) is 3. The van der Waals surface area contributed by atoms with Crippen LogP contribution in [0.3, 0.4) is 0 Å². The van der Waals surface area contributed by atoms with Crippen molar-refractivity contribution in [2.45, 2.75) is 11.4 Å². The minimum absolute atomic E-state index is 0.119. The second-order valence-electron chi connectivity index (χ2n) is 6.09. The molecule has 0 saturated carbocycles. The number of rotatable bonds is 8. The summed E-state index contributed by atoms with van der Waals surface area (Å²) in [5.74, 6) is 1.25. The molecule has 0 aromatic heterocycles. The number of halogens is 2. The van der Waals surface area contributed by atoms with Crippen molar-refractivity contribution in [2.24, 2.45) is 0 Å². The standard InChI is InChI=1S/C22H20Cl2O2S/c23-18-8-6-17(7-9-18)22(16-4-2-1-3-5-16)27-15-20(25)14-26-21-12-10-19(24)11-13-21/h1-13,20,22,25H,14-15H2. The number of aliphatic hydroxyl groups is 1. The van der Waals surface area contributed by atoms with Gasteiger partial charge in [0.15, 0.2) is 0 Å². The summed E-state index contributed by atoms with van der Waals surface area (Å²) >= 11 is 13.6. The van der Waals surface area contributed by atoms with Crippen LogP contribution in [0.2, 0.25) is 10.0 Å². The van der Waals surface area contributed by atoms with Gasteiger partial charge in [0.2, 0.25) is 0 Å². The Morgan fingerprint density at radius 3 is 1.96 bits per heavy atom. The third-order valence-electron chi connectivity index (χ3n) is 3.99. The van der Waals surface area contributed by atoms with Crippen molar-refractivity contribution in [3.8, 4) is 5.75 Å². The summed E-state index contributed by atoms with van der Waals surface area (Å²) in [4.78, 5) is 0. The second-order valence-corrected chi connectivity index (χ2v) is 8.11. The van der Waals surface area contributed by atoms with Gasteiger partial charge in [-0.05, 0) is 47.5 Å². The fourth-order valence-corrected chi connectivity index (χ4v) is 4.09. The van der Waals surface area contributed by atoms with Gasteiger partial charge in [0, 0.05) is 15.8 Å². The third kappa shape index (κ3) is 6.18. The Labute approximate surface area is 174 Å². The van der Waals surface area contributed by atoms with E-state index in [2.05, 4.69) is 12.1 Å². The average molecular weight is 419 g/mol. The summed E-state index contributed by atoms with van der Waals surface area (Å²) in [6.45, 7) is 0.233. The molecule has 0 saturated heterocycles. The number of benzene rings is 3. The van der Waals surface area contributed by atoms with Crippen molar-refractivity contribution in [3.63, 3.8) is 0 Å². The smallest absolute Gasteiger partial charge is 0.119 e. The van der Waals surface area contributed by atoms with Crippen LogP contribution < -0.4 is 4.74 Å². The zero-order valence-electron chi connectivity index (χ0n) is 14.6. The largest absolute Gasteiger partial charge is 0.491 e. The SMILES string of the molecule is OC(COc1ccc(Cl)cc1)CSC(c1ccccc1)c1ccc(Cl)cc1. The maximum absolute atomic E-state index is 10.4. The summed E-state index contributed by atoms with van der Waals surface area (Å²) in [6.07, 6.45) is -0.579. The van der Waals surface area contributed by atoms with E-state index in [1.54, 1.807) is 36.0 Å². The van der Waals surface area contributed by atoms with E-state index < -0.39 is 6.10 Å². The lowest BCUT2D eigenvalue weighted by Crippen LogP contribution is -2.20. The first kappa shape index (κ1) is 20.1. The zero-order chi connectivity index (χ0) is 19.1. The molecule has 0 bridgehead atoms. The predicted octanol–water partition coefficient (Wildman–Crippen LogP) is 6.26. The van der Waals surface area contributed by atoms with E-state index in [1.807, 2.05) is 42.5 Å². The molecule has 1 N–H and O–H groups in total. The molecule has 0 amide bonds. The molecule has 2 unspecified atom stereocenters. The van der Waals surface area contributed by atoms with Crippen LogP contribution in [-0.2, 0) is 0 Å². The van der Waals surface area contributed by atoms with Crippen LogP contribution in [0.15, 0.2) is 78.9 Å². The van der Waals surface area contributed by atoms with E-state index >= 15 is 0 Å². The number of thioether (sulfide) groups is 1. The van der Waals surface area contributed by atoms with E-state index in [9.17, 15) is 5.11 Å². The van der Waals surface area contributed by atoms with Gasteiger partial charge < -0.3 is 9.84 Å². The average Bonchev–Trinajstić information content (AvgIpc) is 2.70. The van der Waals surface area contributed by atoms with Gasteiger partial charge in [0.25, 0.3) is 0 Å². The molecule has 2 atom stereocenters. The molecule has 3 aromatic rings. The molecule has 0 heterocycles. The molecule has 3 aromatic carbocycles. The van der Waals surface area contributed by atoms with Gasteiger partial charge in [-0.15, -0.1) is 11.8 Å². The second kappa shape index (κ2) is 10.0. The maximum Gasteiger partial charge on any atom is 0.119 e. The van der Waals surface area contributed by atoms with Crippen LogP contribution in [0.25, 0.3) is 0 Å². The molecule has 5 heteroatoms. The van der Waals surface area contributed by atoms with Gasteiger partial charge in [0.1, 0.15) is 12.4 Å². The summed E-state index contributed by atoms with van der Waals surface area (Å²) in [5, 5.41) is 11.9.